The van der Waals surface area contributed by atoms with Crippen LogP contribution in [-0.4, -0.2) is 27.3 Å². The van der Waals surface area contributed by atoms with Crippen LogP contribution in [0.2, 0.25) is 0 Å². The largest absolute Gasteiger partial charge is 0.497 e. The van der Waals surface area contributed by atoms with Crippen molar-refractivity contribution < 1.29 is 9.47 Å². The molecule has 0 N–H and O–H groups in total. The van der Waals surface area contributed by atoms with E-state index < -0.39 is 0 Å². The molecule has 0 bridgehead atoms. The maximum atomic E-state index is 8.59. The average Bonchev–Trinajstić information content (AvgIpc) is 2.85. The van der Waals surface area contributed by atoms with Crippen molar-refractivity contribution >= 4 is 0 Å². The first-order chi connectivity index (χ1) is 8.83. The van der Waals surface area contributed by atoms with E-state index in [-0.39, 0.29) is 13.2 Å². The van der Waals surface area contributed by atoms with Gasteiger partial charge in [-0.25, -0.2) is 4.68 Å². The molecule has 0 aliphatic carbocycles. The fourth-order valence-electron chi connectivity index (χ4n) is 1.36. The second-order valence-corrected chi connectivity index (χ2v) is 3.38. The summed E-state index contributed by atoms with van der Waals surface area (Å²) in [6.45, 7) is 0.297. The number of ether oxygens (including phenoxy) is 2. The summed E-state index contributed by atoms with van der Waals surface area (Å²) in [5.74, 6) is 1.87. The van der Waals surface area contributed by atoms with Crippen LogP contribution in [0.15, 0.2) is 24.3 Å². The van der Waals surface area contributed by atoms with E-state index in [4.69, 9.17) is 14.7 Å². The standard InChI is InChI=1S/C11H11N5O2/c1-17-9-3-2-4-10(7-9)18-8-11-13-14-15-16(11)6-5-12/h2-4,7H,6,8H2,1H3. The number of nitrogens with zero attached hydrogens (tertiary/aromatic N) is 5. The van der Waals surface area contributed by atoms with Crippen molar-refractivity contribution in [2.24, 2.45) is 0 Å². The molecule has 2 rings (SSSR count). The third-order valence-corrected chi connectivity index (χ3v) is 2.24. The molecule has 0 saturated carbocycles. The predicted octanol–water partition coefficient (Wildman–Crippen LogP) is 0.784. The van der Waals surface area contributed by atoms with E-state index in [1.165, 1.54) is 4.68 Å². The van der Waals surface area contributed by atoms with Crippen LogP contribution in [-0.2, 0) is 13.2 Å². The van der Waals surface area contributed by atoms with Gasteiger partial charge in [-0.3, -0.25) is 0 Å². The molecule has 0 unspecified atom stereocenters. The zero-order chi connectivity index (χ0) is 12.8. The Morgan fingerprint density at radius 2 is 2.22 bits per heavy atom. The van der Waals surface area contributed by atoms with Crippen LogP contribution in [0, 0.1) is 11.3 Å². The van der Waals surface area contributed by atoms with Crippen LogP contribution >= 0.6 is 0 Å². The lowest BCUT2D eigenvalue weighted by atomic mass is 10.3. The summed E-state index contributed by atoms with van der Waals surface area (Å²) in [5.41, 5.74) is 0. The van der Waals surface area contributed by atoms with Gasteiger partial charge in [0, 0.05) is 6.07 Å². The van der Waals surface area contributed by atoms with Crippen molar-refractivity contribution in [2.75, 3.05) is 7.11 Å². The summed E-state index contributed by atoms with van der Waals surface area (Å²) in [5, 5.41) is 19.6. The molecule has 7 nitrogen and oxygen atoms in total. The highest BCUT2D eigenvalue weighted by Crippen LogP contribution is 2.19. The molecule has 0 saturated heterocycles. The minimum absolute atomic E-state index is 0.101. The Morgan fingerprint density at radius 3 is 3.00 bits per heavy atom. The molecule has 7 heteroatoms. The summed E-state index contributed by atoms with van der Waals surface area (Å²) >= 11 is 0. The summed E-state index contributed by atoms with van der Waals surface area (Å²) in [6.07, 6.45) is 0. The second kappa shape index (κ2) is 5.63. The fraction of sp³-hybridized carbons (Fsp3) is 0.273. The van der Waals surface area contributed by atoms with Crippen LogP contribution in [0.1, 0.15) is 5.82 Å². The van der Waals surface area contributed by atoms with E-state index in [1.807, 2.05) is 18.2 Å². The number of tetrazole rings is 1. The topological polar surface area (TPSA) is 85.8 Å². The first-order valence-electron chi connectivity index (χ1n) is 5.22. The number of rotatable bonds is 5. The molecule has 0 amide bonds. The van der Waals surface area contributed by atoms with Gasteiger partial charge in [0.25, 0.3) is 0 Å². The average molecular weight is 245 g/mol. The monoisotopic (exact) mass is 245 g/mol. The maximum absolute atomic E-state index is 8.59. The normalized spacial score (nSPS) is 9.78. The molecule has 0 fully saturated rings. The molecule has 1 aromatic carbocycles. The zero-order valence-electron chi connectivity index (χ0n) is 9.78. The summed E-state index contributed by atoms with van der Waals surface area (Å²) in [6, 6.07) is 9.19. The Kier molecular flexibility index (Phi) is 3.71. The van der Waals surface area contributed by atoms with Gasteiger partial charge >= 0.3 is 0 Å². The second-order valence-electron chi connectivity index (χ2n) is 3.38. The molecular formula is C11H11N5O2. The van der Waals surface area contributed by atoms with Crippen LogP contribution in [0.25, 0.3) is 0 Å². The molecule has 0 aliphatic heterocycles. The Morgan fingerprint density at radius 1 is 1.39 bits per heavy atom. The van der Waals surface area contributed by atoms with Gasteiger partial charge in [0.1, 0.15) is 24.7 Å². The van der Waals surface area contributed by atoms with Crippen LogP contribution in [0.4, 0.5) is 0 Å². The molecular weight excluding hydrogens is 234 g/mol. The van der Waals surface area contributed by atoms with Gasteiger partial charge in [-0.1, -0.05) is 6.07 Å². The highest BCUT2D eigenvalue weighted by atomic mass is 16.5. The molecule has 2 aromatic rings. The van der Waals surface area contributed by atoms with Gasteiger partial charge in [0.15, 0.2) is 5.82 Å². The summed E-state index contributed by atoms with van der Waals surface area (Å²) in [4.78, 5) is 0. The van der Waals surface area contributed by atoms with Crippen molar-refractivity contribution in [3.8, 4) is 17.6 Å². The maximum Gasteiger partial charge on any atom is 0.190 e. The Bertz CT molecular complexity index is 561. The first kappa shape index (κ1) is 11.9. The Balaban J connectivity index is 2.02. The van der Waals surface area contributed by atoms with E-state index in [2.05, 4.69) is 15.5 Å². The van der Waals surface area contributed by atoms with Gasteiger partial charge in [-0.05, 0) is 22.6 Å². The van der Waals surface area contributed by atoms with Gasteiger partial charge < -0.3 is 9.47 Å². The molecule has 0 radical (unpaired) electrons. The molecule has 0 aliphatic rings. The number of hydrogen-bond acceptors (Lipinski definition) is 6. The number of nitriles is 1. The van der Waals surface area contributed by atoms with Crippen LogP contribution < -0.4 is 9.47 Å². The Labute approximate surface area is 104 Å². The Hall–Kier alpha value is -2.62. The fourth-order valence-corrected chi connectivity index (χ4v) is 1.36. The van der Waals surface area contributed by atoms with Gasteiger partial charge in [0.05, 0.1) is 13.2 Å². The van der Waals surface area contributed by atoms with Gasteiger partial charge in [0.2, 0.25) is 0 Å². The summed E-state index contributed by atoms with van der Waals surface area (Å²) in [7, 11) is 1.59. The molecule has 1 heterocycles. The van der Waals surface area contributed by atoms with E-state index in [1.54, 1.807) is 19.2 Å². The molecule has 1 aromatic heterocycles. The minimum atomic E-state index is 0.101. The number of methoxy groups -OCH3 is 1. The predicted molar refractivity (Wildman–Crippen MR) is 60.8 cm³/mol. The smallest absolute Gasteiger partial charge is 0.190 e. The zero-order valence-corrected chi connectivity index (χ0v) is 9.78. The molecule has 92 valence electrons. The third kappa shape index (κ3) is 2.74. The first-order valence-corrected chi connectivity index (χ1v) is 5.22. The van der Waals surface area contributed by atoms with Crippen LogP contribution in [0.5, 0.6) is 11.5 Å². The molecule has 0 atom stereocenters. The quantitative estimate of drug-likeness (QED) is 0.773. The van der Waals surface area contributed by atoms with Crippen molar-refractivity contribution in [2.45, 2.75) is 13.2 Å². The highest BCUT2D eigenvalue weighted by molar-refractivity contribution is 5.32. The third-order valence-electron chi connectivity index (χ3n) is 2.24. The number of aromatic nitrogens is 4. The van der Waals surface area contributed by atoms with E-state index in [9.17, 15) is 0 Å². The van der Waals surface area contributed by atoms with Gasteiger partial charge in [-0.2, -0.15) is 5.26 Å². The van der Waals surface area contributed by atoms with Crippen LogP contribution in [0.3, 0.4) is 0 Å². The van der Waals surface area contributed by atoms with Crippen molar-refractivity contribution in [1.29, 1.82) is 5.26 Å². The van der Waals surface area contributed by atoms with Crippen molar-refractivity contribution in [1.82, 2.24) is 20.2 Å². The van der Waals surface area contributed by atoms with E-state index in [0.29, 0.717) is 17.3 Å². The number of benzene rings is 1. The van der Waals surface area contributed by atoms with Gasteiger partial charge in [-0.15, -0.1) is 5.10 Å². The lowest BCUT2D eigenvalue weighted by molar-refractivity contribution is 0.286. The highest BCUT2D eigenvalue weighted by Gasteiger charge is 2.06. The molecule has 18 heavy (non-hydrogen) atoms. The van der Waals surface area contributed by atoms with Crippen molar-refractivity contribution in [3.05, 3.63) is 30.1 Å². The minimum Gasteiger partial charge on any atom is -0.497 e. The lowest BCUT2D eigenvalue weighted by Crippen LogP contribution is -2.08. The lowest BCUT2D eigenvalue weighted by Gasteiger charge is -2.06. The SMILES string of the molecule is COc1cccc(OCc2nnnn2CC#N)c1. The van der Waals surface area contributed by atoms with Crippen molar-refractivity contribution in [3.63, 3.8) is 0 Å². The van der Waals surface area contributed by atoms with E-state index >= 15 is 0 Å². The van der Waals surface area contributed by atoms with E-state index in [0.717, 1.165) is 0 Å². The molecule has 0 spiro atoms. The summed E-state index contributed by atoms with van der Waals surface area (Å²) < 4.78 is 12.0. The number of hydrogen-bond donors (Lipinski definition) is 0.